The third kappa shape index (κ3) is 5.57. The van der Waals surface area contributed by atoms with Gasteiger partial charge in [-0.3, -0.25) is 0 Å². The van der Waals surface area contributed by atoms with Crippen LogP contribution in [-0.4, -0.2) is 0 Å². The van der Waals surface area contributed by atoms with E-state index in [0.717, 1.165) is 22.7 Å². The Balaban J connectivity index is 1.36. The summed E-state index contributed by atoms with van der Waals surface area (Å²) in [4.78, 5) is 4.67. The van der Waals surface area contributed by atoms with Gasteiger partial charge in [-0.05, 0) is 134 Å². The maximum atomic E-state index is 2.36. The van der Waals surface area contributed by atoms with E-state index in [2.05, 4.69) is 183 Å². The van der Waals surface area contributed by atoms with Crippen LogP contribution in [0.3, 0.4) is 0 Å². The van der Waals surface area contributed by atoms with E-state index in [0.29, 0.717) is 0 Å². The second-order valence-corrected chi connectivity index (χ2v) is 11.0. The molecular weight excluding hydrogens is 508 g/mol. The molecule has 0 radical (unpaired) electrons. The first-order chi connectivity index (χ1) is 20.5. The molecule has 0 amide bonds. The molecule has 0 unspecified atom stereocenters. The summed E-state index contributed by atoms with van der Waals surface area (Å²) in [5.41, 5.74) is 14.4. The fraction of sp³-hybridized carbons (Fsp3) is 0.100. The zero-order valence-electron chi connectivity index (χ0n) is 24.8. The molecule has 0 aliphatic heterocycles. The van der Waals surface area contributed by atoms with E-state index < -0.39 is 0 Å². The van der Waals surface area contributed by atoms with Crippen LogP contribution in [-0.2, 0) is 0 Å². The van der Waals surface area contributed by atoms with Crippen LogP contribution < -0.4 is 9.80 Å². The minimum atomic E-state index is 1.13. The molecule has 0 aromatic heterocycles. The monoisotopic (exact) mass is 544 g/mol. The van der Waals surface area contributed by atoms with Gasteiger partial charge in [0.25, 0.3) is 0 Å². The van der Waals surface area contributed by atoms with Crippen molar-refractivity contribution in [3.05, 3.63) is 168 Å². The standard InChI is InChI=1S/C40H36N2/c1-29-12-11-17-38(26-29)41(35-13-7-5-8-14-35)37-23-19-33(20-24-37)34-21-25-40(32(4)27-34)42(36-15-9-6-10-16-36)39-22-18-30(2)31(3)28-39/h5-28H,1-4H3. The average molecular weight is 545 g/mol. The molecule has 0 aliphatic carbocycles. The molecule has 0 bridgehead atoms. The van der Waals surface area contributed by atoms with Crippen LogP contribution in [0.1, 0.15) is 22.3 Å². The molecule has 0 atom stereocenters. The zero-order chi connectivity index (χ0) is 29.1. The van der Waals surface area contributed by atoms with Crippen molar-refractivity contribution in [1.82, 2.24) is 0 Å². The number of hydrogen-bond donors (Lipinski definition) is 0. The Hall–Kier alpha value is -5.08. The van der Waals surface area contributed by atoms with E-state index in [1.54, 1.807) is 0 Å². The Morgan fingerprint density at radius 3 is 1.50 bits per heavy atom. The number of para-hydroxylation sites is 2. The Bertz CT molecular complexity index is 1810. The molecule has 0 aliphatic rings. The summed E-state index contributed by atoms with van der Waals surface area (Å²) >= 11 is 0. The highest BCUT2D eigenvalue weighted by Crippen LogP contribution is 2.40. The molecule has 42 heavy (non-hydrogen) atoms. The minimum absolute atomic E-state index is 1.13. The second-order valence-electron chi connectivity index (χ2n) is 11.0. The van der Waals surface area contributed by atoms with E-state index >= 15 is 0 Å². The number of aryl methyl sites for hydroxylation is 4. The summed E-state index contributed by atoms with van der Waals surface area (Å²) in [6.07, 6.45) is 0. The Morgan fingerprint density at radius 1 is 0.333 bits per heavy atom. The van der Waals surface area contributed by atoms with Gasteiger partial charge in [0.15, 0.2) is 0 Å². The van der Waals surface area contributed by atoms with E-state index in [9.17, 15) is 0 Å². The maximum Gasteiger partial charge on any atom is 0.0491 e. The number of hydrogen-bond acceptors (Lipinski definition) is 2. The van der Waals surface area contributed by atoms with Crippen LogP contribution in [0.2, 0.25) is 0 Å². The molecule has 2 heteroatoms. The second kappa shape index (κ2) is 11.8. The first kappa shape index (κ1) is 27.1. The van der Waals surface area contributed by atoms with E-state index in [-0.39, 0.29) is 0 Å². The van der Waals surface area contributed by atoms with Crippen molar-refractivity contribution in [1.29, 1.82) is 0 Å². The lowest BCUT2D eigenvalue weighted by atomic mass is 10.00. The van der Waals surface area contributed by atoms with Crippen LogP contribution in [0, 0.1) is 27.7 Å². The van der Waals surface area contributed by atoms with Crippen LogP contribution in [0.5, 0.6) is 0 Å². The summed E-state index contributed by atoms with van der Waals surface area (Å²) in [7, 11) is 0. The molecular formula is C40H36N2. The van der Waals surface area contributed by atoms with E-state index in [4.69, 9.17) is 0 Å². The van der Waals surface area contributed by atoms with Crippen LogP contribution in [0.15, 0.2) is 146 Å². The average Bonchev–Trinajstić information content (AvgIpc) is 3.01. The van der Waals surface area contributed by atoms with Gasteiger partial charge in [0.1, 0.15) is 0 Å². The van der Waals surface area contributed by atoms with Gasteiger partial charge in [-0.25, -0.2) is 0 Å². The number of anilines is 6. The van der Waals surface area contributed by atoms with Crippen molar-refractivity contribution in [3.63, 3.8) is 0 Å². The lowest BCUT2D eigenvalue weighted by Gasteiger charge is -2.28. The highest BCUT2D eigenvalue weighted by atomic mass is 15.1. The van der Waals surface area contributed by atoms with Crippen LogP contribution in [0.4, 0.5) is 34.1 Å². The van der Waals surface area contributed by atoms with Gasteiger partial charge in [-0.15, -0.1) is 0 Å². The minimum Gasteiger partial charge on any atom is -0.310 e. The van der Waals surface area contributed by atoms with Gasteiger partial charge in [0.05, 0.1) is 0 Å². The number of benzene rings is 6. The summed E-state index contributed by atoms with van der Waals surface area (Å²) in [5, 5.41) is 0. The highest BCUT2D eigenvalue weighted by Gasteiger charge is 2.17. The largest absolute Gasteiger partial charge is 0.310 e. The maximum absolute atomic E-state index is 2.36. The van der Waals surface area contributed by atoms with Crippen molar-refractivity contribution >= 4 is 34.1 Å². The molecule has 0 fully saturated rings. The fourth-order valence-corrected chi connectivity index (χ4v) is 5.55. The quantitative estimate of drug-likeness (QED) is 0.197. The molecule has 0 heterocycles. The Kier molecular flexibility index (Phi) is 7.62. The molecule has 6 rings (SSSR count). The third-order valence-electron chi connectivity index (χ3n) is 7.93. The van der Waals surface area contributed by atoms with Crippen molar-refractivity contribution in [2.45, 2.75) is 27.7 Å². The summed E-state index contributed by atoms with van der Waals surface area (Å²) in [6, 6.07) is 52.3. The van der Waals surface area contributed by atoms with Crippen LogP contribution in [0.25, 0.3) is 11.1 Å². The van der Waals surface area contributed by atoms with E-state index in [1.807, 2.05) is 0 Å². The summed E-state index contributed by atoms with van der Waals surface area (Å²) in [5.74, 6) is 0. The molecule has 6 aromatic carbocycles. The fourth-order valence-electron chi connectivity index (χ4n) is 5.55. The zero-order valence-corrected chi connectivity index (χ0v) is 24.8. The van der Waals surface area contributed by atoms with Gasteiger partial charge in [-0.2, -0.15) is 0 Å². The summed E-state index contributed by atoms with van der Waals surface area (Å²) in [6.45, 7) is 8.69. The van der Waals surface area contributed by atoms with Crippen molar-refractivity contribution in [2.75, 3.05) is 9.80 Å². The number of rotatable bonds is 7. The third-order valence-corrected chi connectivity index (χ3v) is 7.93. The lowest BCUT2D eigenvalue weighted by Crippen LogP contribution is -2.11. The van der Waals surface area contributed by atoms with Crippen LogP contribution >= 0.6 is 0 Å². The van der Waals surface area contributed by atoms with Crippen molar-refractivity contribution in [3.8, 4) is 11.1 Å². The van der Waals surface area contributed by atoms with Crippen molar-refractivity contribution < 1.29 is 0 Å². The smallest absolute Gasteiger partial charge is 0.0491 e. The summed E-state index contributed by atoms with van der Waals surface area (Å²) < 4.78 is 0. The lowest BCUT2D eigenvalue weighted by molar-refractivity contribution is 1.23. The SMILES string of the molecule is Cc1cccc(N(c2ccccc2)c2ccc(-c3ccc(N(c4ccccc4)c4ccc(C)c(C)c4)c(C)c3)cc2)c1. The van der Waals surface area contributed by atoms with Gasteiger partial charge in [0, 0.05) is 34.1 Å². The molecule has 0 saturated carbocycles. The molecule has 6 aromatic rings. The van der Waals surface area contributed by atoms with Gasteiger partial charge in [-0.1, -0.05) is 72.8 Å². The molecule has 2 nitrogen and oxygen atoms in total. The predicted octanol–water partition coefficient (Wildman–Crippen LogP) is 11.5. The first-order valence-corrected chi connectivity index (χ1v) is 14.5. The molecule has 206 valence electrons. The molecule has 0 saturated heterocycles. The Labute approximate surface area is 250 Å². The van der Waals surface area contributed by atoms with E-state index in [1.165, 1.54) is 44.8 Å². The molecule has 0 spiro atoms. The molecule has 0 N–H and O–H groups in total. The van der Waals surface area contributed by atoms with Gasteiger partial charge < -0.3 is 9.80 Å². The van der Waals surface area contributed by atoms with Crippen molar-refractivity contribution in [2.24, 2.45) is 0 Å². The predicted molar refractivity (Wildman–Crippen MR) is 180 cm³/mol. The highest BCUT2D eigenvalue weighted by molar-refractivity contribution is 5.82. The first-order valence-electron chi connectivity index (χ1n) is 14.5. The normalized spacial score (nSPS) is 10.9. The Morgan fingerprint density at radius 2 is 0.881 bits per heavy atom. The van der Waals surface area contributed by atoms with Gasteiger partial charge in [0.2, 0.25) is 0 Å². The van der Waals surface area contributed by atoms with Gasteiger partial charge >= 0.3 is 0 Å². The number of nitrogens with zero attached hydrogens (tertiary/aromatic N) is 2. The topological polar surface area (TPSA) is 6.48 Å².